The van der Waals surface area contributed by atoms with Gasteiger partial charge in [0.1, 0.15) is 5.75 Å². The molecule has 2 unspecified atom stereocenters. The molecule has 0 N–H and O–H groups in total. The number of hydrogen-bond acceptors (Lipinski definition) is 3. The number of fused-ring (bicyclic) bond motifs is 1. The molecule has 1 amide bonds. The Kier molecular flexibility index (Phi) is 4.10. The second kappa shape index (κ2) is 6.17. The lowest BCUT2D eigenvalue weighted by Crippen LogP contribution is -2.41. The quantitative estimate of drug-likeness (QED) is 0.857. The number of nitriles is 1. The number of carbonyl (C=O) groups is 1. The molecule has 4 nitrogen and oxygen atoms in total. The van der Waals surface area contributed by atoms with E-state index in [4.69, 9.17) is 10.00 Å². The van der Waals surface area contributed by atoms with E-state index in [9.17, 15) is 4.79 Å². The van der Waals surface area contributed by atoms with Crippen molar-refractivity contribution in [2.24, 2.45) is 5.92 Å². The Hall–Kier alpha value is -2.02. The van der Waals surface area contributed by atoms with Gasteiger partial charge in [-0.3, -0.25) is 4.79 Å². The number of nitrogens with zero attached hydrogens (tertiary/aromatic N) is 2. The van der Waals surface area contributed by atoms with E-state index in [2.05, 4.69) is 6.07 Å². The van der Waals surface area contributed by atoms with Crippen molar-refractivity contribution in [3.8, 4) is 11.8 Å². The molecule has 1 saturated carbocycles. The van der Waals surface area contributed by atoms with Crippen molar-refractivity contribution in [1.29, 1.82) is 5.26 Å². The summed E-state index contributed by atoms with van der Waals surface area (Å²) in [5.41, 5.74) is 0.596. The average molecular weight is 284 g/mol. The highest BCUT2D eigenvalue weighted by atomic mass is 16.5. The monoisotopic (exact) mass is 284 g/mol. The van der Waals surface area contributed by atoms with Gasteiger partial charge in [0.25, 0.3) is 5.91 Å². The van der Waals surface area contributed by atoms with E-state index in [-0.39, 0.29) is 12.5 Å². The van der Waals surface area contributed by atoms with E-state index in [0.29, 0.717) is 23.3 Å². The van der Waals surface area contributed by atoms with Crippen LogP contribution in [0.2, 0.25) is 0 Å². The van der Waals surface area contributed by atoms with Crippen LogP contribution >= 0.6 is 0 Å². The molecule has 1 aromatic carbocycles. The fourth-order valence-electron chi connectivity index (χ4n) is 3.57. The SMILES string of the molecule is N#Cc1ccc(OCC(=O)N2CCC3CCCCC32)cc1. The van der Waals surface area contributed by atoms with Crippen molar-refractivity contribution in [1.82, 2.24) is 4.90 Å². The number of amides is 1. The molecule has 1 aromatic rings. The lowest BCUT2D eigenvalue weighted by atomic mass is 9.85. The van der Waals surface area contributed by atoms with Crippen LogP contribution in [0.15, 0.2) is 24.3 Å². The largest absolute Gasteiger partial charge is 0.484 e. The summed E-state index contributed by atoms with van der Waals surface area (Å²) < 4.78 is 5.56. The molecule has 3 rings (SSSR count). The first-order valence-electron chi connectivity index (χ1n) is 7.70. The molecule has 1 aliphatic carbocycles. The first-order valence-corrected chi connectivity index (χ1v) is 7.70. The number of likely N-dealkylation sites (tertiary alicyclic amines) is 1. The Morgan fingerprint density at radius 1 is 1.24 bits per heavy atom. The van der Waals surface area contributed by atoms with Crippen LogP contribution in [0.5, 0.6) is 5.75 Å². The van der Waals surface area contributed by atoms with Crippen LogP contribution in [0.4, 0.5) is 0 Å². The Morgan fingerprint density at radius 2 is 2.00 bits per heavy atom. The standard InChI is InChI=1S/C17H20N2O2/c18-11-13-5-7-15(8-6-13)21-12-17(20)19-10-9-14-3-1-2-4-16(14)19/h5-8,14,16H,1-4,9-10,12H2. The van der Waals surface area contributed by atoms with Crippen LogP contribution in [-0.2, 0) is 4.79 Å². The molecule has 0 radical (unpaired) electrons. The van der Waals surface area contributed by atoms with Gasteiger partial charge in [-0.1, -0.05) is 12.8 Å². The van der Waals surface area contributed by atoms with Gasteiger partial charge in [-0.15, -0.1) is 0 Å². The predicted octanol–water partition coefficient (Wildman–Crippen LogP) is 2.73. The molecular weight excluding hydrogens is 264 g/mol. The maximum Gasteiger partial charge on any atom is 0.260 e. The van der Waals surface area contributed by atoms with Crippen molar-refractivity contribution in [3.05, 3.63) is 29.8 Å². The van der Waals surface area contributed by atoms with Crippen LogP contribution in [0.1, 0.15) is 37.7 Å². The second-order valence-corrected chi connectivity index (χ2v) is 5.91. The molecular formula is C17H20N2O2. The molecule has 0 bridgehead atoms. The Labute approximate surface area is 125 Å². The molecule has 21 heavy (non-hydrogen) atoms. The predicted molar refractivity (Wildman–Crippen MR) is 78.7 cm³/mol. The van der Waals surface area contributed by atoms with Gasteiger partial charge in [0, 0.05) is 12.6 Å². The number of carbonyl (C=O) groups excluding carboxylic acids is 1. The van der Waals surface area contributed by atoms with E-state index >= 15 is 0 Å². The van der Waals surface area contributed by atoms with Gasteiger partial charge >= 0.3 is 0 Å². The Balaban J connectivity index is 1.55. The highest BCUT2D eigenvalue weighted by molar-refractivity contribution is 5.78. The maximum atomic E-state index is 12.3. The normalized spacial score (nSPS) is 24.2. The molecule has 2 aliphatic rings. The summed E-state index contributed by atoms with van der Waals surface area (Å²) in [7, 11) is 0. The summed E-state index contributed by atoms with van der Waals surface area (Å²) >= 11 is 0. The summed E-state index contributed by atoms with van der Waals surface area (Å²) in [6.07, 6.45) is 6.11. The molecule has 0 spiro atoms. The van der Waals surface area contributed by atoms with Crippen LogP contribution in [0.3, 0.4) is 0 Å². The molecule has 1 saturated heterocycles. The van der Waals surface area contributed by atoms with Crippen LogP contribution < -0.4 is 4.74 Å². The average Bonchev–Trinajstić information content (AvgIpc) is 2.97. The van der Waals surface area contributed by atoms with Crippen molar-refractivity contribution in [2.45, 2.75) is 38.1 Å². The van der Waals surface area contributed by atoms with E-state index in [0.717, 1.165) is 19.4 Å². The first kappa shape index (κ1) is 13.9. The van der Waals surface area contributed by atoms with Gasteiger partial charge in [-0.25, -0.2) is 0 Å². The first-order chi connectivity index (χ1) is 10.3. The lowest BCUT2D eigenvalue weighted by Gasteiger charge is -2.31. The lowest BCUT2D eigenvalue weighted by molar-refractivity contribution is -0.134. The van der Waals surface area contributed by atoms with Gasteiger partial charge in [0.15, 0.2) is 6.61 Å². The summed E-state index contributed by atoms with van der Waals surface area (Å²) in [4.78, 5) is 14.4. The molecule has 110 valence electrons. The third-order valence-electron chi connectivity index (χ3n) is 4.68. The van der Waals surface area contributed by atoms with Crippen molar-refractivity contribution in [3.63, 3.8) is 0 Å². The minimum atomic E-state index is 0.0914. The number of hydrogen-bond donors (Lipinski definition) is 0. The van der Waals surface area contributed by atoms with Gasteiger partial charge < -0.3 is 9.64 Å². The van der Waals surface area contributed by atoms with Crippen molar-refractivity contribution < 1.29 is 9.53 Å². The molecule has 2 fully saturated rings. The summed E-state index contributed by atoms with van der Waals surface area (Å²) in [6.45, 7) is 0.972. The molecule has 4 heteroatoms. The zero-order valence-electron chi connectivity index (χ0n) is 12.1. The minimum Gasteiger partial charge on any atom is -0.484 e. The zero-order valence-corrected chi connectivity index (χ0v) is 12.1. The van der Waals surface area contributed by atoms with E-state index in [1.807, 2.05) is 4.90 Å². The second-order valence-electron chi connectivity index (χ2n) is 5.91. The molecule has 1 aliphatic heterocycles. The van der Waals surface area contributed by atoms with Gasteiger partial charge in [-0.05, 0) is 49.4 Å². The highest BCUT2D eigenvalue weighted by Crippen LogP contribution is 2.36. The van der Waals surface area contributed by atoms with Gasteiger partial charge in [-0.2, -0.15) is 5.26 Å². The van der Waals surface area contributed by atoms with Gasteiger partial charge in [0.05, 0.1) is 11.6 Å². The summed E-state index contributed by atoms with van der Waals surface area (Å²) in [5.74, 6) is 1.44. The van der Waals surface area contributed by atoms with Crippen molar-refractivity contribution >= 4 is 5.91 Å². The van der Waals surface area contributed by atoms with E-state index < -0.39 is 0 Å². The van der Waals surface area contributed by atoms with Crippen LogP contribution in [-0.4, -0.2) is 30.0 Å². The topological polar surface area (TPSA) is 53.3 Å². The fraction of sp³-hybridized carbons (Fsp3) is 0.529. The minimum absolute atomic E-state index is 0.0914. The summed E-state index contributed by atoms with van der Waals surface area (Å²) in [5, 5.41) is 8.75. The smallest absolute Gasteiger partial charge is 0.260 e. The number of benzene rings is 1. The molecule has 0 aromatic heterocycles. The maximum absolute atomic E-state index is 12.3. The van der Waals surface area contributed by atoms with E-state index in [1.54, 1.807) is 24.3 Å². The number of rotatable bonds is 3. The highest BCUT2D eigenvalue weighted by Gasteiger charge is 2.38. The van der Waals surface area contributed by atoms with Crippen LogP contribution in [0.25, 0.3) is 0 Å². The van der Waals surface area contributed by atoms with Crippen LogP contribution in [0, 0.1) is 17.2 Å². The van der Waals surface area contributed by atoms with Gasteiger partial charge in [0.2, 0.25) is 0 Å². The van der Waals surface area contributed by atoms with E-state index in [1.165, 1.54) is 19.3 Å². The summed E-state index contributed by atoms with van der Waals surface area (Å²) in [6, 6.07) is 9.38. The zero-order chi connectivity index (χ0) is 14.7. The third-order valence-corrected chi connectivity index (χ3v) is 4.68. The Morgan fingerprint density at radius 3 is 2.76 bits per heavy atom. The molecule has 1 heterocycles. The Bertz CT molecular complexity index is 547. The molecule has 2 atom stereocenters. The third kappa shape index (κ3) is 3.02. The van der Waals surface area contributed by atoms with Crippen molar-refractivity contribution in [2.75, 3.05) is 13.2 Å². The number of ether oxygens (including phenoxy) is 1. The fourth-order valence-corrected chi connectivity index (χ4v) is 3.57.